The van der Waals surface area contributed by atoms with E-state index in [4.69, 9.17) is 4.74 Å². The highest BCUT2D eigenvalue weighted by Gasteiger charge is 2.13. The van der Waals surface area contributed by atoms with Gasteiger partial charge in [-0.15, -0.1) is 0 Å². The summed E-state index contributed by atoms with van der Waals surface area (Å²) < 4.78 is 7.79. The summed E-state index contributed by atoms with van der Waals surface area (Å²) in [7, 11) is 0. The standard InChI is InChI=1S/C12H21N3O/c1-10(2)15-7-5-11(14-15)9-16-12-4-3-6-13-8-12/h5,7,10,12-13H,3-4,6,8-9H2,1-2H3. The van der Waals surface area contributed by atoms with E-state index in [1.165, 1.54) is 6.42 Å². The molecule has 1 aliphatic heterocycles. The summed E-state index contributed by atoms with van der Waals surface area (Å²) >= 11 is 0. The summed E-state index contributed by atoms with van der Waals surface area (Å²) in [5, 5.41) is 7.81. The van der Waals surface area contributed by atoms with Crippen LogP contribution in [0.4, 0.5) is 0 Å². The van der Waals surface area contributed by atoms with Gasteiger partial charge >= 0.3 is 0 Å². The molecular weight excluding hydrogens is 202 g/mol. The third-order valence-corrected chi connectivity index (χ3v) is 2.91. The van der Waals surface area contributed by atoms with Crippen LogP contribution in [0.2, 0.25) is 0 Å². The third-order valence-electron chi connectivity index (χ3n) is 2.91. The van der Waals surface area contributed by atoms with Gasteiger partial charge in [0.15, 0.2) is 0 Å². The van der Waals surface area contributed by atoms with Crippen molar-refractivity contribution in [3.8, 4) is 0 Å². The topological polar surface area (TPSA) is 39.1 Å². The second kappa shape index (κ2) is 5.46. The SMILES string of the molecule is CC(C)n1ccc(COC2CCCNC2)n1. The molecule has 0 aliphatic carbocycles. The zero-order valence-corrected chi connectivity index (χ0v) is 10.1. The van der Waals surface area contributed by atoms with Crippen molar-refractivity contribution < 1.29 is 4.74 Å². The van der Waals surface area contributed by atoms with Crippen LogP contribution in [0, 0.1) is 0 Å². The molecule has 4 nitrogen and oxygen atoms in total. The number of hydrogen-bond acceptors (Lipinski definition) is 3. The summed E-state index contributed by atoms with van der Waals surface area (Å²) in [5.74, 6) is 0. The van der Waals surface area contributed by atoms with E-state index < -0.39 is 0 Å². The molecule has 2 heterocycles. The lowest BCUT2D eigenvalue weighted by Gasteiger charge is -2.22. The normalized spacial score (nSPS) is 21.6. The monoisotopic (exact) mass is 223 g/mol. The first-order valence-corrected chi connectivity index (χ1v) is 6.12. The van der Waals surface area contributed by atoms with Crippen molar-refractivity contribution >= 4 is 0 Å². The summed E-state index contributed by atoms with van der Waals surface area (Å²) in [5.41, 5.74) is 1.03. The van der Waals surface area contributed by atoms with E-state index in [9.17, 15) is 0 Å². The maximum absolute atomic E-state index is 5.82. The first-order chi connectivity index (χ1) is 7.75. The van der Waals surface area contributed by atoms with Crippen molar-refractivity contribution in [2.45, 2.75) is 45.4 Å². The number of piperidine rings is 1. The highest BCUT2D eigenvalue weighted by Crippen LogP contribution is 2.10. The minimum Gasteiger partial charge on any atom is -0.371 e. The summed E-state index contributed by atoms with van der Waals surface area (Å²) in [6, 6.07) is 2.46. The molecule has 1 N–H and O–H groups in total. The van der Waals surface area contributed by atoms with Gasteiger partial charge in [-0.05, 0) is 39.3 Å². The van der Waals surface area contributed by atoms with Crippen LogP contribution < -0.4 is 5.32 Å². The lowest BCUT2D eigenvalue weighted by molar-refractivity contribution is 0.0233. The van der Waals surface area contributed by atoms with Crippen molar-refractivity contribution in [1.82, 2.24) is 15.1 Å². The molecule has 1 unspecified atom stereocenters. The Balaban J connectivity index is 1.79. The van der Waals surface area contributed by atoms with Gasteiger partial charge in [-0.1, -0.05) is 0 Å². The number of rotatable bonds is 4. The molecule has 1 atom stereocenters. The summed E-state index contributed by atoms with van der Waals surface area (Å²) in [6.07, 6.45) is 4.75. The van der Waals surface area contributed by atoms with E-state index in [1.54, 1.807) is 0 Å². The molecule has 1 aromatic heterocycles. The van der Waals surface area contributed by atoms with Crippen LogP contribution in [-0.4, -0.2) is 29.0 Å². The van der Waals surface area contributed by atoms with Crippen LogP contribution in [-0.2, 0) is 11.3 Å². The lowest BCUT2D eigenvalue weighted by Crippen LogP contribution is -2.35. The second-order valence-electron chi connectivity index (χ2n) is 4.66. The number of hydrogen-bond donors (Lipinski definition) is 1. The quantitative estimate of drug-likeness (QED) is 0.845. The van der Waals surface area contributed by atoms with Crippen molar-refractivity contribution in [3.05, 3.63) is 18.0 Å². The molecular formula is C12H21N3O. The molecule has 0 saturated carbocycles. The molecule has 1 fully saturated rings. The average Bonchev–Trinajstić information content (AvgIpc) is 2.76. The van der Waals surface area contributed by atoms with E-state index in [-0.39, 0.29) is 0 Å². The minimum absolute atomic E-state index is 0.359. The largest absolute Gasteiger partial charge is 0.371 e. The molecule has 1 saturated heterocycles. The van der Waals surface area contributed by atoms with Crippen LogP contribution in [0.5, 0.6) is 0 Å². The lowest BCUT2D eigenvalue weighted by atomic mass is 10.1. The Bertz CT molecular complexity index is 316. The Hall–Kier alpha value is -0.870. The van der Waals surface area contributed by atoms with Crippen LogP contribution in [0.15, 0.2) is 12.3 Å². The first kappa shape index (κ1) is 11.6. The predicted octanol–water partition coefficient (Wildman–Crippen LogP) is 1.73. The number of nitrogens with one attached hydrogen (secondary N) is 1. The molecule has 0 aromatic carbocycles. The van der Waals surface area contributed by atoms with Crippen molar-refractivity contribution in [2.75, 3.05) is 13.1 Å². The summed E-state index contributed by atoms with van der Waals surface area (Å²) in [6.45, 7) is 6.99. The van der Waals surface area contributed by atoms with Crippen LogP contribution in [0.25, 0.3) is 0 Å². The Morgan fingerprint density at radius 2 is 2.50 bits per heavy atom. The van der Waals surface area contributed by atoms with E-state index in [1.807, 2.05) is 16.9 Å². The van der Waals surface area contributed by atoms with Crippen molar-refractivity contribution in [2.24, 2.45) is 0 Å². The van der Waals surface area contributed by atoms with Gasteiger partial charge in [0.2, 0.25) is 0 Å². The Labute approximate surface area is 97.0 Å². The highest BCUT2D eigenvalue weighted by molar-refractivity contribution is 4.97. The predicted molar refractivity (Wildman–Crippen MR) is 63.3 cm³/mol. The Morgan fingerprint density at radius 1 is 1.62 bits per heavy atom. The van der Waals surface area contributed by atoms with Gasteiger partial charge in [0.05, 0.1) is 18.4 Å². The molecule has 0 radical (unpaired) electrons. The van der Waals surface area contributed by atoms with Gasteiger partial charge in [0, 0.05) is 18.8 Å². The minimum atomic E-state index is 0.359. The van der Waals surface area contributed by atoms with Gasteiger partial charge in [0.1, 0.15) is 0 Å². The van der Waals surface area contributed by atoms with Gasteiger partial charge in [-0.25, -0.2) is 0 Å². The maximum atomic E-state index is 5.82. The fraction of sp³-hybridized carbons (Fsp3) is 0.750. The highest BCUT2D eigenvalue weighted by atomic mass is 16.5. The van der Waals surface area contributed by atoms with Crippen molar-refractivity contribution in [3.63, 3.8) is 0 Å². The third kappa shape index (κ3) is 3.06. The van der Waals surface area contributed by atoms with Crippen LogP contribution in [0.3, 0.4) is 0 Å². The zero-order chi connectivity index (χ0) is 11.4. The molecule has 0 spiro atoms. The van der Waals surface area contributed by atoms with Crippen molar-refractivity contribution in [1.29, 1.82) is 0 Å². The second-order valence-corrected chi connectivity index (χ2v) is 4.66. The van der Waals surface area contributed by atoms with Crippen LogP contribution >= 0.6 is 0 Å². The smallest absolute Gasteiger partial charge is 0.0910 e. The molecule has 0 bridgehead atoms. The molecule has 2 rings (SSSR count). The van der Waals surface area contributed by atoms with Gasteiger partial charge in [-0.3, -0.25) is 4.68 Å². The molecule has 4 heteroatoms. The molecule has 1 aliphatic rings. The fourth-order valence-electron chi connectivity index (χ4n) is 1.91. The van der Waals surface area contributed by atoms with E-state index >= 15 is 0 Å². The van der Waals surface area contributed by atoms with Gasteiger partial charge in [-0.2, -0.15) is 5.10 Å². The molecule has 16 heavy (non-hydrogen) atoms. The fourth-order valence-corrected chi connectivity index (χ4v) is 1.91. The van der Waals surface area contributed by atoms with E-state index in [0.717, 1.165) is 25.2 Å². The van der Waals surface area contributed by atoms with Crippen LogP contribution in [0.1, 0.15) is 38.4 Å². The van der Waals surface area contributed by atoms with E-state index in [0.29, 0.717) is 18.8 Å². The van der Waals surface area contributed by atoms with Gasteiger partial charge < -0.3 is 10.1 Å². The average molecular weight is 223 g/mol. The molecule has 90 valence electrons. The number of ether oxygens (including phenoxy) is 1. The zero-order valence-electron chi connectivity index (χ0n) is 10.1. The molecule has 1 aromatic rings. The Morgan fingerprint density at radius 3 is 3.12 bits per heavy atom. The van der Waals surface area contributed by atoms with E-state index in [2.05, 4.69) is 24.3 Å². The number of aromatic nitrogens is 2. The molecule has 0 amide bonds. The van der Waals surface area contributed by atoms with Gasteiger partial charge in [0.25, 0.3) is 0 Å². The first-order valence-electron chi connectivity index (χ1n) is 6.12. The maximum Gasteiger partial charge on any atom is 0.0910 e. The number of nitrogens with zero attached hydrogens (tertiary/aromatic N) is 2. The Kier molecular flexibility index (Phi) is 3.96. The summed E-state index contributed by atoms with van der Waals surface area (Å²) in [4.78, 5) is 0.